The smallest absolute Gasteiger partial charge is 0.328 e. The third kappa shape index (κ3) is 3.02. The molecule has 0 amide bonds. The average molecular weight is 437 g/mol. The summed E-state index contributed by atoms with van der Waals surface area (Å²) in [4.78, 5) is 11.9. The number of anilines is 1. The van der Waals surface area contributed by atoms with E-state index in [0.717, 1.165) is 0 Å². The number of rotatable bonds is 4. The number of fused-ring (bicyclic) bond motifs is 2. The Bertz CT molecular complexity index is 948. The third-order valence-corrected chi connectivity index (χ3v) is 6.94. The van der Waals surface area contributed by atoms with Crippen LogP contribution in [0.1, 0.15) is 20.1 Å². The van der Waals surface area contributed by atoms with E-state index in [9.17, 15) is 13.9 Å². The maximum absolute atomic E-state index is 14.0. The second kappa shape index (κ2) is 6.87. The number of aliphatic hydroxyl groups excluding tert-OH is 1. The minimum Gasteiger partial charge on any atom is -0.386 e. The predicted molar refractivity (Wildman–Crippen MR) is 95.9 cm³/mol. The van der Waals surface area contributed by atoms with Gasteiger partial charge in [-0.3, -0.25) is 9.09 Å². The van der Waals surface area contributed by atoms with Gasteiger partial charge in [0.2, 0.25) is 0 Å². The van der Waals surface area contributed by atoms with Gasteiger partial charge in [0.25, 0.3) is 6.43 Å². The van der Waals surface area contributed by atoms with E-state index in [1.165, 1.54) is 17.2 Å². The second-order valence-corrected chi connectivity index (χ2v) is 9.65. The van der Waals surface area contributed by atoms with Crippen LogP contribution < -0.4 is 5.73 Å². The third-order valence-electron chi connectivity index (χ3n) is 4.49. The normalized spacial score (nSPS) is 35.8. The summed E-state index contributed by atoms with van der Waals surface area (Å²) in [5, 5.41) is 10.8. The molecule has 2 saturated heterocycles. The van der Waals surface area contributed by atoms with Gasteiger partial charge in [-0.2, -0.15) is 0 Å². The molecule has 1 unspecified atom stereocenters. The number of ether oxygens (including phenoxy) is 1. The van der Waals surface area contributed by atoms with Gasteiger partial charge in [-0.15, -0.1) is 0 Å². The summed E-state index contributed by atoms with van der Waals surface area (Å²) in [5.74, 6) is 0.0599. The first-order chi connectivity index (χ1) is 13.2. The van der Waals surface area contributed by atoms with Gasteiger partial charge in [0, 0.05) is 0 Å². The molecule has 0 saturated carbocycles. The molecule has 4 rings (SSSR count). The minimum atomic E-state index is -3.33. The minimum absolute atomic E-state index is 0.0599. The molecule has 4 heterocycles. The zero-order valence-electron chi connectivity index (χ0n) is 14.8. The second-order valence-electron chi connectivity index (χ2n) is 6.74. The Kier molecular flexibility index (Phi) is 4.90. The first-order valence-corrected chi connectivity index (χ1v) is 10.9. The molecule has 2 aliphatic heterocycles. The van der Waals surface area contributed by atoms with Crippen molar-refractivity contribution >= 4 is 35.5 Å². The van der Waals surface area contributed by atoms with Gasteiger partial charge < -0.3 is 24.6 Å². The molecule has 0 aromatic carbocycles. The van der Waals surface area contributed by atoms with Crippen molar-refractivity contribution in [1.82, 2.24) is 19.5 Å². The monoisotopic (exact) mass is 437 g/mol. The van der Waals surface area contributed by atoms with E-state index >= 15 is 0 Å². The molecular formula is C14H18F2N5O5PS. The van der Waals surface area contributed by atoms with E-state index in [1.54, 1.807) is 13.8 Å². The first kappa shape index (κ1) is 20.0. The molecule has 0 radical (unpaired) electrons. The molecule has 154 valence electrons. The fourth-order valence-corrected chi connectivity index (χ4v) is 5.86. The van der Waals surface area contributed by atoms with Crippen molar-refractivity contribution in [3.8, 4) is 0 Å². The van der Waals surface area contributed by atoms with Gasteiger partial charge in [-0.05, 0) is 25.7 Å². The van der Waals surface area contributed by atoms with Crippen molar-refractivity contribution in [2.45, 2.75) is 50.4 Å². The standard InChI is InChI=1S/C14H18F2N5O5PS/c1-6(2)25-27(28)23-3-14(13(15)16)9(26-27)8(22)12(24-14)21-5-20-11-7(21)10(17)18-4-19-11/h4-6,8-9,12-13,22H,3H2,1-2H3,(H2,17,18,19)/t8-,9+,12-,14-,27?/m1/s1. The highest BCUT2D eigenvalue weighted by Crippen LogP contribution is 2.61. The highest BCUT2D eigenvalue weighted by Gasteiger charge is 2.66. The van der Waals surface area contributed by atoms with Gasteiger partial charge in [0.15, 0.2) is 23.3 Å². The van der Waals surface area contributed by atoms with Crippen LogP contribution in [0.4, 0.5) is 14.6 Å². The number of aromatic nitrogens is 4. The van der Waals surface area contributed by atoms with E-state index in [2.05, 4.69) is 15.0 Å². The highest BCUT2D eigenvalue weighted by molar-refractivity contribution is 8.07. The van der Waals surface area contributed by atoms with Gasteiger partial charge in [0.1, 0.15) is 30.4 Å². The van der Waals surface area contributed by atoms with E-state index in [1.807, 2.05) is 0 Å². The molecule has 14 heteroatoms. The van der Waals surface area contributed by atoms with Crippen LogP contribution in [0.5, 0.6) is 0 Å². The van der Waals surface area contributed by atoms with Crippen LogP contribution in [0.15, 0.2) is 12.7 Å². The summed E-state index contributed by atoms with van der Waals surface area (Å²) in [6, 6.07) is 0. The molecule has 2 aromatic rings. The summed E-state index contributed by atoms with van der Waals surface area (Å²) in [6.45, 7) is -0.508. The Morgan fingerprint density at radius 3 is 2.86 bits per heavy atom. The largest absolute Gasteiger partial charge is 0.386 e. The van der Waals surface area contributed by atoms with E-state index in [0.29, 0.717) is 0 Å². The Labute approximate surface area is 163 Å². The Morgan fingerprint density at radius 1 is 1.43 bits per heavy atom. The van der Waals surface area contributed by atoms with Crippen molar-refractivity contribution in [1.29, 1.82) is 0 Å². The maximum Gasteiger partial charge on any atom is 0.328 e. The van der Waals surface area contributed by atoms with Crippen LogP contribution in [0.2, 0.25) is 0 Å². The maximum atomic E-state index is 14.0. The Hall–Kier alpha value is -1.34. The molecule has 2 fully saturated rings. The average Bonchev–Trinajstić information content (AvgIpc) is 3.15. The zero-order valence-corrected chi connectivity index (χ0v) is 16.5. The van der Waals surface area contributed by atoms with Crippen LogP contribution in [0.3, 0.4) is 0 Å². The number of alkyl halides is 2. The summed E-state index contributed by atoms with van der Waals surface area (Å²) < 4.78 is 51.4. The van der Waals surface area contributed by atoms with E-state index < -0.39 is 43.8 Å². The van der Waals surface area contributed by atoms with Gasteiger partial charge in [-0.1, -0.05) is 0 Å². The number of halogens is 2. The molecule has 28 heavy (non-hydrogen) atoms. The Balaban J connectivity index is 1.74. The quantitative estimate of drug-likeness (QED) is 0.677. The lowest BCUT2D eigenvalue weighted by atomic mass is 9.96. The lowest BCUT2D eigenvalue weighted by Crippen LogP contribution is -2.56. The van der Waals surface area contributed by atoms with Gasteiger partial charge in [-0.25, -0.2) is 23.7 Å². The first-order valence-electron chi connectivity index (χ1n) is 8.35. The van der Waals surface area contributed by atoms with Crippen LogP contribution in [-0.2, 0) is 30.1 Å². The summed E-state index contributed by atoms with van der Waals surface area (Å²) in [7, 11) is 0. The summed E-state index contributed by atoms with van der Waals surface area (Å²) >= 11 is 5.25. The molecular weight excluding hydrogens is 419 g/mol. The van der Waals surface area contributed by atoms with E-state index in [-0.39, 0.29) is 23.1 Å². The fourth-order valence-electron chi connectivity index (χ4n) is 3.28. The van der Waals surface area contributed by atoms with Gasteiger partial charge in [0.05, 0.1) is 12.7 Å². The van der Waals surface area contributed by atoms with Crippen LogP contribution in [0, 0.1) is 0 Å². The highest BCUT2D eigenvalue weighted by atomic mass is 32.5. The lowest BCUT2D eigenvalue weighted by Gasteiger charge is -2.41. The van der Waals surface area contributed by atoms with Crippen molar-refractivity contribution in [2.75, 3.05) is 12.3 Å². The number of nitrogens with two attached hydrogens (primary N) is 1. The van der Waals surface area contributed by atoms with Gasteiger partial charge >= 0.3 is 6.72 Å². The summed E-state index contributed by atoms with van der Waals surface area (Å²) in [5.41, 5.74) is 4.11. The SMILES string of the molecule is CC(C)OP1(=S)OC[C@@]2(C(F)F)O[C@@H](n3cnc4ncnc(N)c43)[C@H](O)[C@@H]2O1. The molecule has 10 nitrogen and oxygen atoms in total. The van der Waals surface area contributed by atoms with E-state index in [4.69, 9.17) is 35.8 Å². The van der Waals surface area contributed by atoms with Crippen molar-refractivity contribution in [2.24, 2.45) is 0 Å². The van der Waals surface area contributed by atoms with Crippen molar-refractivity contribution in [3.05, 3.63) is 12.7 Å². The van der Waals surface area contributed by atoms with Crippen LogP contribution in [0.25, 0.3) is 11.2 Å². The van der Waals surface area contributed by atoms with Crippen molar-refractivity contribution in [3.63, 3.8) is 0 Å². The predicted octanol–water partition coefficient (Wildman–Crippen LogP) is 1.37. The Morgan fingerprint density at radius 2 is 2.18 bits per heavy atom. The zero-order chi connectivity index (χ0) is 20.3. The molecule has 0 bridgehead atoms. The number of nitrogens with zero attached hydrogens (tertiary/aromatic N) is 4. The molecule has 2 aliphatic rings. The molecule has 2 aromatic heterocycles. The van der Waals surface area contributed by atoms with Crippen LogP contribution >= 0.6 is 6.72 Å². The van der Waals surface area contributed by atoms with Crippen molar-refractivity contribution < 1.29 is 32.2 Å². The molecule has 5 atom stereocenters. The number of hydrogen-bond acceptors (Lipinski definition) is 10. The topological polar surface area (TPSA) is 127 Å². The summed E-state index contributed by atoms with van der Waals surface area (Å²) in [6.07, 6.45) is -5.16. The number of nitrogen functional groups attached to an aromatic ring is 1. The van der Waals surface area contributed by atoms with Crippen LogP contribution in [-0.4, -0.2) is 61.6 Å². The number of hydrogen-bond donors (Lipinski definition) is 2. The molecule has 3 N–H and O–H groups in total. The number of imidazole rings is 1. The lowest BCUT2D eigenvalue weighted by molar-refractivity contribution is -0.204. The molecule has 0 spiro atoms. The molecule has 0 aliphatic carbocycles. The fraction of sp³-hybridized carbons (Fsp3) is 0.643. The number of aliphatic hydroxyl groups is 1.